The van der Waals surface area contributed by atoms with E-state index in [0.29, 0.717) is 23.7 Å². The first kappa shape index (κ1) is 18.0. The lowest BCUT2D eigenvalue weighted by Crippen LogP contribution is -2.27. The lowest BCUT2D eigenvalue weighted by Gasteiger charge is -2.08. The van der Waals surface area contributed by atoms with E-state index in [4.69, 9.17) is 4.42 Å². The molecule has 3 N–H and O–H groups in total. The van der Waals surface area contributed by atoms with Crippen molar-refractivity contribution in [3.05, 3.63) is 90.4 Å². The Kier molecular flexibility index (Phi) is 6.04. The van der Waals surface area contributed by atoms with Crippen LogP contribution in [0, 0.1) is 0 Å². The zero-order valence-electron chi connectivity index (χ0n) is 14.5. The van der Waals surface area contributed by atoms with Gasteiger partial charge in [-0.05, 0) is 48.0 Å². The highest BCUT2D eigenvalue weighted by molar-refractivity contribution is 6.02. The maximum atomic E-state index is 12.0. The number of hydrogen-bond acceptors (Lipinski definition) is 3. The molecule has 3 amide bonds. The number of anilines is 2. The van der Waals surface area contributed by atoms with Crippen molar-refractivity contribution in [3.63, 3.8) is 0 Å². The van der Waals surface area contributed by atoms with Gasteiger partial charge in [0.05, 0.1) is 12.8 Å². The van der Waals surface area contributed by atoms with Crippen LogP contribution in [0.25, 0.3) is 6.08 Å². The van der Waals surface area contributed by atoms with Crippen molar-refractivity contribution in [2.24, 2.45) is 0 Å². The van der Waals surface area contributed by atoms with Crippen molar-refractivity contribution in [1.29, 1.82) is 0 Å². The van der Waals surface area contributed by atoms with Crippen LogP contribution in [0.3, 0.4) is 0 Å². The summed E-state index contributed by atoms with van der Waals surface area (Å²) >= 11 is 0. The molecule has 1 aromatic heterocycles. The third-order valence-electron chi connectivity index (χ3n) is 3.64. The molecule has 0 saturated carbocycles. The topological polar surface area (TPSA) is 83.4 Å². The van der Waals surface area contributed by atoms with E-state index < -0.39 is 0 Å². The van der Waals surface area contributed by atoms with Crippen molar-refractivity contribution in [3.8, 4) is 0 Å². The summed E-state index contributed by atoms with van der Waals surface area (Å²) in [5.41, 5.74) is 2.21. The largest absolute Gasteiger partial charge is 0.467 e. The molecule has 0 saturated heterocycles. The smallest absolute Gasteiger partial charge is 0.319 e. The van der Waals surface area contributed by atoms with Gasteiger partial charge in [-0.3, -0.25) is 4.79 Å². The quantitative estimate of drug-likeness (QED) is 0.574. The van der Waals surface area contributed by atoms with E-state index in [2.05, 4.69) is 16.0 Å². The molecule has 2 aromatic carbocycles. The number of nitrogens with one attached hydrogen (secondary N) is 3. The Labute approximate surface area is 156 Å². The fraction of sp³-hybridized carbons (Fsp3) is 0.0476. The molecule has 0 aliphatic heterocycles. The van der Waals surface area contributed by atoms with Gasteiger partial charge in [0.25, 0.3) is 0 Å². The Morgan fingerprint density at radius 3 is 2.22 bits per heavy atom. The number of hydrogen-bond donors (Lipinski definition) is 3. The zero-order valence-corrected chi connectivity index (χ0v) is 14.5. The van der Waals surface area contributed by atoms with Gasteiger partial charge >= 0.3 is 6.03 Å². The van der Waals surface area contributed by atoms with E-state index in [0.717, 1.165) is 5.56 Å². The summed E-state index contributed by atoms with van der Waals surface area (Å²) in [4.78, 5) is 23.8. The summed E-state index contributed by atoms with van der Waals surface area (Å²) in [5.74, 6) is 0.447. The van der Waals surface area contributed by atoms with Gasteiger partial charge in [0.15, 0.2) is 0 Å². The molecule has 136 valence electrons. The highest BCUT2D eigenvalue weighted by atomic mass is 16.3. The maximum absolute atomic E-state index is 12.0. The number of furan rings is 1. The number of rotatable bonds is 6. The first-order valence-electron chi connectivity index (χ1n) is 8.40. The molecule has 3 aromatic rings. The predicted octanol–water partition coefficient (Wildman–Crippen LogP) is 4.25. The van der Waals surface area contributed by atoms with E-state index in [1.54, 1.807) is 48.7 Å². The Bertz CT molecular complexity index is 902. The third kappa shape index (κ3) is 5.89. The lowest BCUT2D eigenvalue weighted by molar-refractivity contribution is -0.111. The molecule has 0 aliphatic rings. The Hall–Kier alpha value is -3.80. The fourth-order valence-electron chi connectivity index (χ4n) is 2.31. The lowest BCUT2D eigenvalue weighted by atomic mass is 10.2. The first-order chi connectivity index (χ1) is 13.2. The average Bonchev–Trinajstić information content (AvgIpc) is 3.21. The molecule has 0 atom stereocenters. The second-order valence-electron chi connectivity index (χ2n) is 5.70. The maximum Gasteiger partial charge on any atom is 0.319 e. The van der Waals surface area contributed by atoms with E-state index in [1.807, 2.05) is 30.3 Å². The number of urea groups is 1. The Morgan fingerprint density at radius 1 is 0.852 bits per heavy atom. The molecule has 0 bridgehead atoms. The van der Waals surface area contributed by atoms with E-state index in [9.17, 15) is 9.59 Å². The first-order valence-corrected chi connectivity index (χ1v) is 8.40. The molecule has 6 nitrogen and oxygen atoms in total. The monoisotopic (exact) mass is 361 g/mol. The minimum absolute atomic E-state index is 0.226. The van der Waals surface area contributed by atoms with Crippen LogP contribution in [0.4, 0.5) is 16.2 Å². The second kappa shape index (κ2) is 9.05. The van der Waals surface area contributed by atoms with Crippen molar-refractivity contribution in [1.82, 2.24) is 5.32 Å². The van der Waals surface area contributed by atoms with Gasteiger partial charge in [-0.25, -0.2) is 4.79 Å². The van der Waals surface area contributed by atoms with Crippen molar-refractivity contribution in [2.45, 2.75) is 6.54 Å². The molecule has 1 heterocycles. The summed E-state index contributed by atoms with van der Waals surface area (Å²) < 4.78 is 5.15. The van der Waals surface area contributed by atoms with Crippen LogP contribution in [0.1, 0.15) is 11.3 Å². The van der Waals surface area contributed by atoms with Crippen molar-refractivity contribution in [2.75, 3.05) is 10.6 Å². The highest BCUT2D eigenvalue weighted by Gasteiger charge is 2.04. The second-order valence-corrected chi connectivity index (χ2v) is 5.70. The fourth-order valence-corrected chi connectivity index (χ4v) is 2.31. The Balaban J connectivity index is 1.47. The van der Waals surface area contributed by atoms with E-state index >= 15 is 0 Å². The number of carbonyl (C=O) groups excluding carboxylic acids is 2. The average molecular weight is 361 g/mol. The van der Waals surface area contributed by atoms with E-state index in [1.165, 1.54) is 6.08 Å². The summed E-state index contributed by atoms with van der Waals surface area (Å²) in [6, 6.07) is 19.6. The zero-order chi connectivity index (χ0) is 18.9. The van der Waals surface area contributed by atoms with Gasteiger partial charge in [-0.1, -0.05) is 30.3 Å². The summed E-state index contributed by atoms with van der Waals surface area (Å²) in [7, 11) is 0. The molecule has 0 fully saturated rings. The van der Waals surface area contributed by atoms with Crippen LogP contribution >= 0.6 is 0 Å². The molecule has 0 radical (unpaired) electrons. The van der Waals surface area contributed by atoms with Gasteiger partial charge in [0.2, 0.25) is 5.91 Å². The van der Waals surface area contributed by atoms with Crippen LogP contribution in [0.5, 0.6) is 0 Å². The molecule has 0 aliphatic carbocycles. The molecule has 0 unspecified atom stereocenters. The molecule has 6 heteroatoms. The number of carbonyl (C=O) groups is 2. The molecule has 27 heavy (non-hydrogen) atoms. The van der Waals surface area contributed by atoms with Gasteiger partial charge in [0.1, 0.15) is 5.76 Å². The van der Waals surface area contributed by atoms with Crippen molar-refractivity contribution >= 4 is 29.4 Å². The van der Waals surface area contributed by atoms with Crippen LogP contribution in [-0.4, -0.2) is 11.9 Å². The summed E-state index contributed by atoms with van der Waals surface area (Å²) in [6.45, 7) is 0.306. The SMILES string of the molecule is O=C(/C=C/c1ccccc1)Nc1ccc(NC(=O)NCc2ccco2)cc1. The van der Waals surface area contributed by atoms with E-state index in [-0.39, 0.29) is 11.9 Å². The van der Waals surface area contributed by atoms with Crippen LogP contribution in [-0.2, 0) is 11.3 Å². The molecular formula is C21H19N3O3. The number of benzene rings is 2. The summed E-state index contributed by atoms with van der Waals surface area (Å²) in [5, 5.41) is 8.17. The van der Waals surface area contributed by atoms with Gasteiger partial charge < -0.3 is 20.4 Å². The normalized spacial score (nSPS) is 10.5. The molecule has 0 spiro atoms. The number of amides is 3. The van der Waals surface area contributed by atoms with Crippen LogP contribution in [0.2, 0.25) is 0 Å². The van der Waals surface area contributed by atoms with Crippen molar-refractivity contribution < 1.29 is 14.0 Å². The minimum atomic E-state index is -0.339. The third-order valence-corrected chi connectivity index (χ3v) is 3.64. The van der Waals surface area contributed by atoms with Gasteiger partial charge in [-0.15, -0.1) is 0 Å². The standard InChI is InChI=1S/C21H19N3O3/c25-20(13-8-16-5-2-1-3-6-16)23-17-9-11-18(12-10-17)24-21(26)22-15-19-7-4-14-27-19/h1-14H,15H2,(H,23,25)(H2,22,24,26)/b13-8+. The Morgan fingerprint density at radius 2 is 1.56 bits per heavy atom. The molecular weight excluding hydrogens is 342 g/mol. The predicted molar refractivity (Wildman–Crippen MR) is 105 cm³/mol. The summed E-state index contributed by atoms with van der Waals surface area (Å²) in [6.07, 6.45) is 4.77. The van der Waals surface area contributed by atoms with Crippen LogP contribution < -0.4 is 16.0 Å². The van der Waals surface area contributed by atoms with Gasteiger partial charge in [0, 0.05) is 17.5 Å². The molecule has 3 rings (SSSR count). The minimum Gasteiger partial charge on any atom is -0.467 e. The van der Waals surface area contributed by atoms with Crippen LogP contribution in [0.15, 0.2) is 83.5 Å². The highest BCUT2D eigenvalue weighted by Crippen LogP contribution is 2.14. The van der Waals surface area contributed by atoms with Gasteiger partial charge in [-0.2, -0.15) is 0 Å².